The molecule has 0 saturated carbocycles. The Morgan fingerprint density at radius 2 is 1.55 bits per heavy atom. The van der Waals surface area contributed by atoms with Crippen LogP contribution in [0.3, 0.4) is 0 Å². The molecule has 3 rings (SSSR count). The molecule has 0 spiro atoms. The lowest BCUT2D eigenvalue weighted by Gasteiger charge is -2.32. The Morgan fingerprint density at radius 1 is 0.875 bits per heavy atom. The highest BCUT2D eigenvalue weighted by Gasteiger charge is 2.34. The van der Waals surface area contributed by atoms with Gasteiger partial charge in [-0.25, -0.2) is 8.42 Å². The molecule has 2 atom stereocenters. The van der Waals surface area contributed by atoms with Gasteiger partial charge in [-0.3, -0.25) is 13.9 Å². The molecule has 3 aromatic carbocycles. The highest BCUT2D eigenvalue weighted by Crippen LogP contribution is 2.35. The largest absolute Gasteiger partial charge is 0.352 e. The van der Waals surface area contributed by atoms with E-state index in [1.165, 1.54) is 35.2 Å². The van der Waals surface area contributed by atoms with Crippen molar-refractivity contribution in [1.29, 1.82) is 0 Å². The summed E-state index contributed by atoms with van der Waals surface area (Å²) >= 11 is 24.9. The molecule has 0 aromatic heterocycles. The van der Waals surface area contributed by atoms with Crippen molar-refractivity contribution >= 4 is 73.9 Å². The number of amides is 2. The zero-order valence-electron chi connectivity index (χ0n) is 22.1. The van der Waals surface area contributed by atoms with E-state index in [-0.39, 0.29) is 44.1 Å². The summed E-state index contributed by atoms with van der Waals surface area (Å²) in [6, 6.07) is 16.0. The van der Waals surface area contributed by atoms with Gasteiger partial charge in [0.25, 0.3) is 10.0 Å². The number of nitrogens with one attached hydrogen (secondary N) is 1. The van der Waals surface area contributed by atoms with Crippen LogP contribution in [0, 0.1) is 0 Å². The first kappa shape index (κ1) is 32.0. The summed E-state index contributed by atoms with van der Waals surface area (Å²) in [5.74, 6) is -1.03. The number of rotatable bonds is 11. The van der Waals surface area contributed by atoms with E-state index < -0.39 is 28.5 Å². The number of anilines is 1. The molecule has 0 fully saturated rings. The van der Waals surface area contributed by atoms with Crippen LogP contribution >= 0.6 is 46.4 Å². The molecule has 0 aliphatic rings. The van der Waals surface area contributed by atoms with Gasteiger partial charge in [-0.1, -0.05) is 83.7 Å². The summed E-state index contributed by atoms with van der Waals surface area (Å²) in [4.78, 5) is 28.3. The highest BCUT2D eigenvalue weighted by molar-refractivity contribution is 7.92. The zero-order valence-corrected chi connectivity index (χ0v) is 25.9. The van der Waals surface area contributed by atoms with Gasteiger partial charge in [0.1, 0.15) is 12.6 Å². The molecule has 1 N–H and O–H groups in total. The maximum atomic E-state index is 14.0. The molecule has 0 heterocycles. The number of carbonyl (C=O) groups excluding carboxylic acids is 2. The molecule has 7 nitrogen and oxygen atoms in total. The van der Waals surface area contributed by atoms with E-state index in [1.807, 2.05) is 13.8 Å². The Morgan fingerprint density at radius 3 is 2.17 bits per heavy atom. The number of sulfonamides is 1. The van der Waals surface area contributed by atoms with Crippen molar-refractivity contribution in [2.45, 2.75) is 50.7 Å². The Kier molecular flexibility index (Phi) is 11.1. The first-order chi connectivity index (χ1) is 18.9. The smallest absolute Gasteiger partial charge is 0.264 e. The molecule has 0 radical (unpaired) electrons. The summed E-state index contributed by atoms with van der Waals surface area (Å²) in [6.45, 7) is 4.67. The van der Waals surface area contributed by atoms with Gasteiger partial charge in [-0.15, -0.1) is 0 Å². The van der Waals surface area contributed by atoms with E-state index in [9.17, 15) is 18.0 Å². The molecular weight excluding hydrogens is 616 g/mol. The molecule has 0 saturated heterocycles. The lowest BCUT2D eigenvalue weighted by Crippen LogP contribution is -2.52. The number of nitrogens with zero attached hydrogens (tertiary/aromatic N) is 2. The van der Waals surface area contributed by atoms with Crippen LogP contribution in [0.5, 0.6) is 0 Å². The second kappa shape index (κ2) is 13.9. The molecule has 0 aliphatic heterocycles. The summed E-state index contributed by atoms with van der Waals surface area (Å²) in [6.07, 6.45) is 0.690. The molecule has 0 aliphatic carbocycles. The van der Waals surface area contributed by atoms with E-state index in [0.717, 1.165) is 4.31 Å². The predicted molar refractivity (Wildman–Crippen MR) is 162 cm³/mol. The van der Waals surface area contributed by atoms with E-state index in [0.29, 0.717) is 17.0 Å². The van der Waals surface area contributed by atoms with Gasteiger partial charge in [0.15, 0.2) is 0 Å². The zero-order chi connectivity index (χ0) is 29.6. The van der Waals surface area contributed by atoms with Gasteiger partial charge in [0.2, 0.25) is 11.8 Å². The second-order valence-electron chi connectivity index (χ2n) is 9.16. The monoisotopic (exact) mass is 643 g/mol. The van der Waals surface area contributed by atoms with Crippen molar-refractivity contribution in [1.82, 2.24) is 10.2 Å². The van der Waals surface area contributed by atoms with E-state index >= 15 is 0 Å². The van der Waals surface area contributed by atoms with Gasteiger partial charge in [0.05, 0.1) is 30.7 Å². The third-order valence-corrected chi connectivity index (χ3v) is 9.64. The van der Waals surface area contributed by atoms with E-state index in [1.54, 1.807) is 43.3 Å². The van der Waals surface area contributed by atoms with Crippen LogP contribution in [0.4, 0.5) is 5.69 Å². The third kappa shape index (κ3) is 7.62. The molecular formula is C28H29Cl4N3O4S. The average molecular weight is 645 g/mol. The standard InChI is InChI=1S/C28H29Cl4N3O4S/c1-4-18(2)33-28(37)19(3)34(16-20-13-14-22(29)24(31)15-20)26(36)17-35(25-12-8-11-23(30)27(25)32)40(38,39)21-9-6-5-7-10-21/h5-15,18-19H,4,16-17H2,1-3H3,(H,33,37)/t18-,19+/m0/s1. The molecule has 40 heavy (non-hydrogen) atoms. The number of benzene rings is 3. The summed E-state index contributed by atoms with van der Waals surface area (Å²) in [5.41, 5.74) is 0.627. The number of hydrogen-bond donors (Lipinski definition) is 1. The molecule has 12 heteroatoms. The molecule has 3 aromatic rings. The molecule has 0 bridgehead atoms. The van der Waals surface area contributed by atoms with Crippen molar-refractivity contribution < 1.29 is 18.0 Å². The van der Waals surface area contributed by atoms with Crippen LogP contribution in [-0.2, 0) is 26.2 Å². The average Bonchev–Trinajstić information content (AvgIpc) is 2.93. The van der Waals surface area contributed by atoms with Crippen molar-refractivity contribution in [3.63, 3.8) is 0 Å². The fraction of sp³-hybridized carbons (Fsp3) is 0.286. The van der Waals surface area contributed by atoms with Crippen LogP contribution in [0.25, 0.3) is 0 Å². The van der Waals surface area contributed by atoms with Crippen LogP contribution < -0.4 is 9.62 Å². The van der Waals surface area contributed by atoms with Crippen molar-refractivity contribution in [3.8, 4) is 0 Å². The van der Waals surface area contributed by atoms with Gasteiger partial charge in [-0.2, -0.15) is 0 Å². The van der Waals surface area contributed by atoms with Crippen LogP contribution in [0.1, 0.15) is 32.8 Å². The first-order valence-electron chi connectivity index (χ1n) is 12.4. The van der Waals surface area contributed by atoms with Gasteiger partial charge >= 0.3 is 0 Å². The van der Waals surface area contributed by atoms with Crippen molar-refractivity contribution in [2.75, 3.05) is 10.8 Å². The fourth-order valence-corrected chi connectivity index (χ4v) is 6.02. The number of halogens is 4. The van der Waals surface area contributed by atoms with E-state index in [2.05, 4.69) is 5.32 Å². The van der Waals surface area contributed by atoms with Gasteiger partial charge < -0.3 is 10.2 Å². The van der Waals surface area contributed by atoms with Crippen LogP contribution in [-0.4, -0.2) is 43.8 Å². The topological polar surface area (TPSA) is 86.8 Å². The number of carbonyl (C=O) groups is 2. The Bertz CT molecular complexity index is 1470. The Labute approximate surface area is 255 Å². The fourth-order valence-electron chi connectivity index (χ4n) is 3.80. The summed E-state index contributed by atoms with van der Waals surface area (Å²) in [5, 5.41) is 3.58. The summed E-state index contributed by atoms with van der Waals surface area (Å²) in [7, 11) is -4.27. The summed E-state index contributed by atoms with van der Waals surface area (Å²) < 4.78 is 28.6. The lowest BCUT2D eigenvalue weighted by molar-refractivity contribution is -0.139. The van der Waals surface area contributed by atoms with Gasteiger partial charge in [-0.05, 0) is 62.2 Å². The lowest BCUT2D eigenvalue weighted by atomic mass is 10.1. The van der Waals surface area contributed by atoms with Crippen LogP contribution in [0.2, 0.25) is 20.1 Å². The Balaban J connectivity index is 2.07. The minimum atomic E-state index is -4.27. The highest BCUT2D eigenvalue weighted by atomic mass is 35.5. The maximum absolute atomic E-state index is 14.0. The second-order valence-corrected chi connectivity index (χ2v) is 12.6. The van der Waals surface area contributed by atoms with Gasteiger partial charge in [0, 0.05) is 12.6 Å². The quantitative estimate of drug-likeness (QED) is 0.248. The SMILES string of the molecule is CC[C@H](C)NC(=O)[C@@H](C)N(Cc1ccc(Cl)c(Cl)c1)C(=O)CN(c1cccc(Cl)c1Cl)S(=O)(=O)c1ccccc1. The first-order valence-corrected chi connectivity index (χ1v) is 15.4. The van der Waals surface area contributed by atoms with Crippen LogP contribution in [0.15, 0.2) is 71.6 Å². The minimum absolute atomic E-state index is 0.0255. The third-order valence-electron chi connectivity index (χ3n) is 6.32. The van der Waals surface area contributed by atoms with Crippen molar-refractivity contribution in [3.05, 3.63) is 92.4 Å². The normalized spacial score (nSPS) is 12.9. The maximum Gasteiger partial charge on any atom is 0.264 e. The molecule has 0 unspecified atom stereocenters. The molecule has 2 amide bonds. The van der Waals surface area contributed by atoms with Crippen molar-refractivity contribution in [2.24, 2.45) is 0 Å². The predicted octanol–water partition coefficient (Wildman–Crippen LogP) is 6.83. The molecule has 214 valence electrons. The van der Waals surface area contributed by atoms with E-state index in [4.69, 9.17) is 46.4 Å². The minimum Gasteiger partial charge on any atom is -0.352 e. The Hall–Kier alpha value is -2.49. The number of hydrogen-bond acceptors (Lipinski definition) is 4.